The van der Waals surface area contributed by atoms with Gasteiger partial charge in [-0.25, -0.2) is 0 Å². The normalized spacial score (nSPS) is 11.8. The van der Waals surface area contributed by atoms with Gasteiger partial charge in [0.2, 0.25) is 11.8 Å². The Bertz CT molecular complexity index is 923. The van der Waals surface area contributed by atoms with Gasteiger partial charge in [-0.2, -0.15) is 0 Å². The molecule has 2 heterocycles. The van der Waals surface area contributed by atoms with Crippen LogP contribution in [0.25, 0.3) is 0 Å². The summed E-state index contributed by atoms with van der Waals surface area (Å²) in [5.74, 6) is 0.666. The second-order valence-electron chi connectivity index (χ2n) is 7.67. The monoisotopic (exact) mass is 438 g/mol. The van der Waals surface area contributed by atoms with E-state index >= 15 is 0 Å². The second kappa shape index (κ2) is 11.5. The highest BCUT2D eigenvalue weighted by Crippen LogP contribution is 2.15. The van der Waals surface area contributed by atoms with E-state index in [1.54, 1.807) is 27.4 Å². The number of benzene rings is 1. The van der Waals surface area contributed by atoms with Gasteiger partial charge >= 0.3 is 0 Å². The van der Waals surface area contributed by atoms with Crippen molar-refractivity contribution in [1.29, 1.82) is 0 Å². The van der Waals surface area contributed by atoms with E-state index in [9.17, 15) is 9.59 Å². The maximum atomic E-state index is 13.3. The molecule has 1 aromatic carbocycles. The number of amides is 2. The molecule has 2 aromatic heterocycles. The molecule has 0 unspecified atom stereocenters. The molecule has 0 saturated carbocycles. The minimum atomic E-state index is -0.0628. The van der Waals surface area contributed by atoms with E-state index in [-0.39, 0.29) is 24.4 Å². The Morgan fingerprint density at radius 2 is 1.84 bits per heavy atom. The topological polar surface area (TPSA) is 53.8 Å². The van der Waals surface area contributed by atoms with E-state index in [2.05, 4.69) is 12.1 Å². The first-order valence-electron chi connectivity index (χ1n) is 10.7. The molecule has 164 valence electrons. The van der Waals surface area contributed by atoms with Crippen molar-refractivity contribution in [3.05, 3.63) is 82.4 Å². The molecule has 2 amide bonds. The lowest BCUT2D eigenvalue weighted by Gasteiger charge is -2.31. The van der Waals surface area contributed by atoms with E-state index in [0.29, 0.717) is 19.5 Å². The molecule has 0 fully saturated rings. The number of thiophene rings is 1. The molecule has 5 nitrogen and oxygen atoms in total. The van der Waals surface area contributed by atoms with Crippen LogP contribution in [-0.4, -0.2) is 40.7 Å². The number of carbonyl (C=O) groups is 2. The van der Waals surface area contributed by atoms with Crippen LogP contribution in [0.15, 0.2) is 70.7 Å². The Morgan fingerprint density at radius 3 is 2.48 bits per heavy atom. The van der Waals surface area contributed by atoms with Gasteiger partial charge in [-0.05, 0) is 48.9 Å². The van der Waals surface area contributed by atoms with Crippen molar-refractivity contribution < 1.29 is 14.0 Å². The molecule has 0 bridgehead atoms. The summed E-state index contributed by atoms with van der Waals surface area (Å²) in [4.78, 5) is 30.9. The van der Waals surface area contributed by atoms with E-state index in [0.717, 1.165) is 23.5 Å². The smallest absolute Gasteiger partial charge is 0.242 e. The van der Waals surface area contributed by atoms with Gasteiger partial charge in [-0.15, -0.1) is 11.3 Å². The fraction of sp³-hybridized carbons (Fsp3) is 0.360. The van der Waals surface area contributed by atoms with Crippen LogP contribution in [-0.2, 0) is 29.0 Å². The zero-order valence-electron chi connectivity index (χ0n) is 18.2. The number of carbonyl (C=O) groups excluding carboxylic acids is 2. The lowest BCUT2D eigenvalue weighted by atomic mass is 10.1. The van der Waals surface area contributed by atoms with Gasteiger partial charge in [0.15, 0.2) is 0 Å². The summed E-state index contributed by atoms with van der Waals surface area (Å²) in [6, 6.07) is 17.7. The van der Waals surface area contributed by atoms with Gasteiger partial charge < -0.3 is 14.2 Å². The van der Waals surface area contributed by atoms with Gasteiger partial charge in [-0.1, -0.05) is 43.3 Å². The van der Waals surface area contributed by atoms with E-state index in [4.69, 9.17) is 4.42 Å². The quantitative estimate of drug-likeness (QED) is 0.433. The molecule has 1 atom stereocenters. The molecule has 0 spiro atoms. The second-order valence-corrected chi connectivity index (χ2v) is 8.70. The highest BCUT2D eigenvalue weighted by Gasteiger charge is 2.25. The lowest BCUT2D eigenvalue weighted by molar-refractivity contribution is -0.142. The van der Waals surface area contributed by atoms with Crippen LogP contribution in [0.1, 0.15) is 36.5 Å². The Kier molecular flexibility index (Phi) is 8.47. The Labute approximate surface area is 188 Å². The third-order valence-corrected chi connectivity index (χ3v) is 6.32. The largest absolute Gasteiger partial charge is 0.467 e. The zero-order valence-corrected chi connectivity index (χ0v) is 19.0. The minimum absolute atomic E-state index is 0.00371. The third kappa shape index (κ3) is 6.82. The highest BCUT2D eigenvalue weighted by atomic mass is 32.1. The van der Waals surface area contributed by atoms with Crippen LogP contribution in [0.5, 0.6) is 0 Å². The maximum Gasteiger partial charge on any atom is 0.242 e. The molecule has 0 radical (unpaired) electrons. The number of furan rings is 1. The molecule has 0 aliphatic heterocycles. The van der Waals surface area contributed by atoms with Crippen LogP contribution in [0.2, 0.25) is 0 Å². The van der Waals surface area contributed by atoms with Crippen LogP contribution < -0.4 is 0 Å². The van der Waals surface area contributed by atoms with Crippen molar-refractivity contribution in [3.8, 4) is 0 Å². The maximum absolute atomic E-state index is 13.3. The van der Waals surface area contributed by atoms with Gasteiger partial charge in [0, 0.05) is 17.5 Å². The first kappa shape index (κ1) is 22.8. The predicted octanol–water partition coefficient (Wildman–Crippen LogP) is 4.78. The molecular formula is C25H30N2O3S. The predicted molar refractivity (Wildman–Crippen MR) is 124 cm³/mol. The summed E-state index contributed by atoms with van der Waals surface area (Å²) in [5.41, 5.74) is 1.17. The lowest BCUT2D eigenvalue weighted by Crippen LogP contribution is -2.47. The van der Waals surface area contributed by atoms with Gasteiger partial charge in [0.1, 0.15) is 12.3 Å². The fourth-order valence-electron chi connectivity index (χ4n) is 3.41. The Morgan fingerprint density at radius 1 is 1.03 bits per heavy atom. The Balaban J connectivity index is 1.71. The van der Waals surface area contributed by atoms with Gasteiger partial charge in [0.05, 0.1) is 19.2 Å². The van der Waals surface area contributed by atoms with Crippen molar-refractivity contribution in [3.63, 3.8) is 0 Å². The fourth-order valence-corrected chi connectivity index (χ4v) is 4.11. The number of rotatable bonds is 11. The van der Waals surface area contributed by atoms with Crippen molar-refractivity contribution in [2.24, 2.45) is 0 Å². The summed E-state index contributed by atoms with van der Waals surface area (Å²) in [6.45, 7) is 5.08. The first-order chi connectivity index (χ1) is 15.1. The number of hydrogen-bond donors (Lipinski definition) is 0. The van der Waals surface area contributed by atoms with Gasteiger partial charge in [-0.3, -0.25) is 9.59 Å². The van der Waals surface area contributed by atoms with Crippen molar-refractivity contribution in [1.82, 2.24) is 9.80 Å². The van der Waals surface area contributed by atoms with Crippen molar-refractivity contribution >= 4 is 23.2 Å². The molecule has 0 N–H and O–H groups in total. The van der Waals surface area contributed by atoms with Gasteiger partial charge in [0.25, 0.3) is 0 Å². The average Bonchev–Trinajstić information content (AvgIpc) is 3.49. The van der Waals surface area contributed by atoms with Crippen molar-refractivity contribution in [2.75, 3.05) is 13.1 Å². The van der Waals surface area contributed by atoms with E-state index in [1.807, 2.05) is 61.7 Å². The number of hydrogen-bond acceptors (Lipinski definition) is 4. The molecule has 0 aliphatic carbocycles. The summed E-state index contributed by atoms with van der Waals surface area (Å²) in [5, 5.41) is 1.97. The number of nitrogens with zero attached hydrogens (tertiary/aromatic N) is 2. The molecule has 3 rings (SSSR count). The molecule has 3 aromatic rings. The highest BCUT2D eigenvalue weighted by molar-refractivity contribution is 7.10. The zero-order chi connectivity index (χ0) is 22.1. The van der Waals surface area contributed by atoms with Crippen LogP contribution >= 0.6 is 11.3 Å². The summed E-state index contributed by atoms with van der Waals surface area (Å²) in [7, 11) is 0. The summed E-state index contributed by atoms with van der Waals surface area (Å²) in [6.07, 6.45) is 3.49. The SMILES string of the molecule is CC[C@@H](C)N(CC(=O)N(CCc1ccccc1)Cc1ccco1)C(=O)Cc1cccs1. The average molecular weight is 439 g/mol. The minimum Gasteiger partial charge on any atom is -0.467 e. The van der Waals surface area contributed by atoms with Crippen molar-refractivity contribution in [2.45, 2.75) is 45.7 Å². The first-order valence-corrected chi connectivity index (χ1v) is 11.6. The van der Waals surface area contributed by atoms with Crippen LogP contribution in [0.3, 0.4) is 0 Å². The van der Waals surface area contributed by atoms with E-state index < -0.39 is 0 Å². The third-order valence-electron chi connectivity index (χ3n) is 5.45. The van der Waals surface area contributed by atoms with Crippen LogP contribution in [0, 0.1) is 0 Å². The molecular weight excluding hydrogens is 408 g/mol. The summed E-state index contributed by atoms with van der Waals surface area (Å²) >= 11 is 1.57. The molecule has 0 aliphatic rings. The summed E-state index contributed by atoms with van der Waals surface area (Å²) < 4.78 is 5.48. The molecule has 0 saturated heterocycles. The van der Waals surface area contributed by atoms with E-state index in [1.165, 1.54) is 5.56 Å². The standard InChI is InChI=1S/C25H30N2O3S/c1-3-20(2)27(24(28)17-23-12-8-16-31-23)19-25(29)26(18-22-11-7-15-30-22)14-13-21-9-5-4-6-10-21/h4-12,15-16,20H,3,13-14,17-19H2,1-2H3/t20-/m1/s1. The van der Waals surface area contributed by atoms with Crippen LogP contribution in [0.4, 0.5) is 0 Å². The molecule has 6 heteroatoms. The molecule has 31 heavy (non-hydrogen) atoms. The Hall–Kier alpha value is -2.86.